The van der Waals surface area contributed by atoms with E-state index in [1.807, 2.05) is 13.4 Å². The van der Waals surface area contributed by atoms with Crippen LogP contribution in [0.4, 0.5) is 0 Å². The molecule has 0 bridgehead atoms. The maximum absolute atomic E-state index is 5.69. The van der Waals surface area contributed by atoms with Crippen molar-refractivity contribution in [3.63, 3.8) is 0 Å². The number of rotatable bonds is 4. The van der Waals surface area contributed by atoms with Crippen LogP contribution >= 0.6 is 0 Å². The molecule has 0 aliphatic carbocycles. The summed E-state index contributed by atoms with van der Waals surface area (Å²) in [4.78, 5) is 6.97. The molecule has 2 atom stereocenters. The second-order valence-electron chi connectivity index (χ2n) is 7.45. The van der Waals surface area contributed by atoms with Crippen molar-refractivity contribution < 1.29 is 4.74 Å². The molecule has 0 amide bonds. The molecule has 26 heavy (non-hydrogen) atoms. The number of hydrogen-bond acceptors (Lipinski definition) is 5. The summed E-state index contributed by atoms with van der Waals surface area (Å²) in [5.74, 6) is 2.24. The largest absolute Gasteiger partial charge is 0.380 e. The van der Waals surface area contributed by atoms with Gasteiger partial charge < -0.3 is 13.9 Å². The predicted molar refractivity (Wildman–Crippen MR) is 97.6 cm³/mol. The van der Waals surface area contributed by atoms with Crippen LogP contribution in [-0.4, -0.2) is 49.0 Å². The lowest BCUT2D eigenvalue weighted by atomic mass is 10.1. The fraction of sp³-hybridized carbons (Fsp3) is 0.526. The number of fused-ring (bicyclic) bond motifs is 2. The van der Waals surface area contributed by atoms with Gasteiger partial charge in [0.1, 0.15) is 5.82 Å². The molecule has 1 fully saturated rings. The Morgan fingerprint density at radius 1 is 1.27 bits per heavy atom. The third-order valence-corrected chi connectivity index (χ3v) is 5.81. The van der Waals surface area contributed by atoms with Crippen LogP contribution in [0.5, 0.6) is 0 Å². The second kappa shape index (κ2) is 6.17. The molecule has 4 heterocycles. The number of aromatic nitrogens is 5. The highest BCUT2D eigenvalue weighted by Gasteiger charge is 2.37. The Balaban J connectivity index is 1.44. The lowest BCUT2D eigenvalue weighted by molar-refractivity contribution is 0.107. The number of nitrogens with zero attached hydrogens (tertiary/aromatic N) is 6. The molecule has 7 nitrogen and oxygen atoms in total. The van der Waals surface area contributed by atoms with Crippen LogP contribution in [0.25, 0.3) is 11.0 Å². The Hall–Kier alpha value is -2.25. The van der Waals surface area contributed by atoms with E-state index in [0.717, 1.165) is 55.2 Å². The third kappa shape index (κ3) is 2.54. The summed E-state index contributed by atoms with van der Waals surface area (Å²) < 4.78 is 10.1. The van der Waals surface area contributed by atoms with Gasteiger partial charge in [-0.25, -0.2) is 4.98 Å². The summed E-state index contributed by atoms with van der Waals surface area (Å²) in [6.45, 7) is 2.84. The molecule has 0 saturated carbocycles. The summed E-state index contributed by atoms with van der Waals surface area (Å²) in [5.41, 5.74) is 3.49. The zero-order valence-electron chi connectivity index (χ0n) is 15.3. The van der Waals surface area contributed by atoms with Gasteiger partial charge >= 0.3 is 0 Å². The van der Waals surface area contributed by atoms with Crippen LogP contribution in [0.3, 0.4) is 0 Å². The molecule has 136 valence electrons. The van der Waals surface area contributed by atoms with Gasteiger partial charge in [0, 0.05) is 40.2 Å². The van der Waals surface area contributed by atoms with Crippen molar-refractivity contribution in [3.05, 3.63) is 41.7 Å². The minimum Gasteiger partial charge on any atom is -0.380 e. The van der Waals surface area contributed by atoms with E-state index in [2.05, 4.69) is 47.4 Å². The zero-order valence-corrected chi connectivity index (χ0v) is 15.3. The van der Waals surface area contributed by atoms with Gasteiger partial charge in [0.05, 0.1) is 29.5 Å². The number of likely N-dealkylation sites (tertiary alicyclic amines) is 1. The molecule has 1 aromatic carbocycles. The Kier molecular flexibility index (Phi) is 3.79. The maximum Gasteiger partial charge on any atom is 0.150 e. The van der Waals surface area contributed by atoms with E-state index < -0.39 is 0 Å². The predicted octanol–water partition coefficient (Wildman–Crippen LogP) is 2.07. The van der Waals surface area contributed by atoms with Crippen molar-refractivity contribution in [2.24, 2.45) is 7.05 Å². The summed E-state index contributed by atoms with van der Waals surface area (Å²) in [5, 5.41) is 8.94. The normalized spacial score (nSPS) is 23.2. The smallest absolute Gasteiger partial charge is 0.150 e. The molecule has 0 unspecified atom stereocenters. The molecule has 7 heteroatoms. The van der Waals surface area contributed by atoms with Gasteiger partial charge in [-0.05, 0) is 30.5 Å². The van der Waals surface area contributed by atoms with Crippen LogP contribution in [0.15, 0.2) is 24.5 Å². The Bertz CT molecular complexity index is 945. The first-order chi connectivity index (χ1) is 12.7. The van der Waals surface area contributed by atoms with Crippen molar-refractivity contribution >= 4 is 11.0 Å². The van der Waals surface area contributed by atoms with Crippen LogP contribution < -0.4 is 0 Å². The number of imidazole rings is 1. The average Bonchev–Trinajstić information content (AvgIpc) is 3.39. The average molecular weight is 352 g/mol. The Labute approximate surface area is 152 Å². The molecule has 2 aliphatic heterocycles. The lowest BCUT2D eigenvalue weighted by Gasteiger charge is -2.23. The van der Waals surface area contributed by atoms with Crippen LogP contribution in [0.2, 0.25) is 0 Å². The Morgan fingerprint density at radius 3 is 3.08 bits per heavy atom. The van der Waals surface area contributed by atoms with Crippen molar-refractivity contribution in [1.82, 2.24) is 29.2 Å². The number of aryl methyl sites for hydroxylation is 2. The van der Waals surface area contributed by atoms with E-state index in [0.29, 0.717) is 0 Å². The highest BCUT2D eigenvalue weighted by molar-refractivity contribution is 5.75. The number of hydrogen-bond donors (Lipinski definition) is 0. The van der Waals surface area contributed by atoms with Crippen LogP contribution in [-0.2, 0) is 31.3 Å². The fourth-order valence-electron chi connectivity index (χ4n) is 4.41. The molecule has 0 spiro atoms. The summed E-state index contributed by atoms with van der Waals surface area (Å²) in [6, 6.07) is 6.82. The van der Waals surface area contributed by atoms with E-state index in [-0.39, 0.29) is 12.1 Å². The molecule has 0 radical (unpaired) electrons. The van der Waals surface area contributed by atoms with E-state index in [1.165, 1.54) is 12.0 Å². The first-order valence-electron chi connectivity index (χ1n) is 9.31. The topological polar surface area (TPSA) is 61.0 Å². The maximum atomic E-state index is 5.69. The number of ether oxygens (including phenoxy) is 1. The highest BCUT2D eigenvalue weighted by atomic mass is 16.5. The van der Waals surface area contributed by atoms with Gasteiger partial charge in [0.15, 0.2) is 5.82 Å². The molecular formula is C19H24N6O. The van der Waals surface area contributed by atoms with E-state index in [9.17, 15) is 0 Å². The first kappa shape index (κ1) is 16.0. The highest BCUT2D eigenvalue weighted by Crippen LogP contribution is 2.35. The van der Waals surface area contributed by atoms with Gasteiger partial charge in [-0.2, -0.15) is 0 Å². The van der Waals surface area contributed by atoms with Gasteiger partial charge in [0.25, 0.3) is 0 Å². The van der Waals surface area contributed by atoms with Crippen LogP contribution in [0, 0.1) is 0 Å². The quantitative estimate of drug-likeness (QED) is 0.719. The molecule has 3 aromatic rings. The monoisotopic (exact) mass is 352 g/mol. The fourth-order valence-corrected chi connectivity index (χ4v) is 4.41. The zero-order chi connectivity index (χ0) is 17.7. The van der Waals surface area contributed by atoms with Crippen molar-refractivity contribution in [2.75, 3.05) is 13.7 Å². The summed E-state index contributed by atoms with van der Waals surface area (Å²) in [7, 11) is 3.83. The van der Waals surface area contributed by atoms with Crippen LogP contribution in [0.1, 0.15) is 36.1 Å². The molecule has 1 saturated heterocycles. The third-order valence-electron chi connectivity index (χ3n) is 5.81. The minimum absolute atomic E-state index is 0.243. The van der Waals surface area contributed by atoms with Gasteiger partial charge in [-0.1, -0.05) is 6.07 Å². The van der Waals surface area contributed by atoms with Gasteiger partial charge in [-0.15, -0.1) is 10.2 Å². The number of benzene rings is 1. The second-order valence-corrected chi connectivity index (χ2v) is 7.45. The van der Waals surface area contributed by atoms with E-state index >= 15 is 0 Å². The molecule has 0 N–H and O–H groups in total. The van der Waals surface area contributed by atoms with E-state index in [4.69, 9.17) is 4.74 Å². The Morgan fingerprint density at radius 2 is 2.19 bits per heavy atom. The molecule has 2 aromatic heterocycles. The van der Waals surface area contributed by atoms with Crippen molar-refractivity contribution in [3.8, 4) is 0 Å². The van der Waals surface area contributed by atoms with E-state index in [1.54, 1.807) is 7.11 Å². The molecule has 5 rings (SSSR count). The van der Waals surface area contributed by atoms with Gasteiger partial charge in [-0.3, -0.25) is 4.90 Å². The van der Waals surface area contributed by atoms with Crippen molar-refractivity contribution in [1.29, 1.82) is 0 Å². The number of methoxy groups -OCH3 is 1. The minimum atomic E-state index is 0.243. The molecule has 2 aliphatic rings. The standard InChI is InChI=1S/C19H24N6O/c1-23-12-20-15-8-13(5-6-16(15)23)10-24-11-14(26-2)9-17(24)19-22-21-18-4-3-7-25(18)19/h5-6,8,12,14,17H,3-4,7,9-11H2,1-2H3/t14-,17+/m1/s1. The SMILES string of the molecule is CO[C@@H]1C[C@@H](c2nnc3n2CCC3)N(Cc2ccc3c(c2)ncn3C)C1. The first-order valence-corrected chi connectivity index (χ1v) is 9.31. The lowest BCUT2D eigenvalue weighted by Crippen LogP contribution is -2.26. The summed E-state index contributed by atoms with van der Waals surface area (Å²) in [6.07, 6.45) is 5.31. The summed E-state index contributed by atoms with van der Waals surface area (Å²) >= 11 is 0. The van der Waals surface area contributed by atoms with Crippen molar-refractivity contribution in [2.45, 2.75) is 44.5 Å². The molecular weight excluding hydrogens is 328 g/mol. The van der Waals surface area contributed by atoms with Gasteiger partial charge in [0.2, 0.25) is 0 Å².